The van der Waals surface area contributed by atoms with Crippen LogP contribution >= 0.6 is 11.8 Å². The van der Waals surface area contributed by atoms with Gasteiger partial charge in [-0.1, -0.05) is 0 Å². The molecule has 1 amide bonds. The van der Waals surface area contributed by atoms with Crippen LogP contribution in [0.2, 0.25) is 0 Å². The van der Waals surface area contributed by atoms with Gasteiger partial charge in [-0.25, -0.2) is 0 Å². The summed E-state index contributed by atoms with van der Waals surface area (Å²) in [7, 11) is 0. The third-order valence-corrected chi connectivity index (χ3v) is 3.34. The normalized spacial score (nSPS) is 22.0. The van der Waals surface area contributed by atoms with Crippen molar-refractivity contribution in [2.75, 3.05) is 37.7 Å². The van der Waals surface area contributed by atoms with Crippen molar-refractivity contribution in [2.45, 2.75) is 13.0 Å². The number of amides is 1. The molecule has 5 heteroatoms. The molecule has 0 aliphatic carbocycles. The van der Waals surface area contributed by atoms with Crippen LogP contribution in [-0.2, 0) is 4.79 Å². The maximum absolute atomic E-state index is 11.9. The van der Waals surface area contributed by atoms with Crippen molar-refractivity contribution in [1.82, 2.24) is 10.2 Å². The quantitative estimate of drug-likeness (QED) is 0.670. The minimum atomic E-state index is -0.0553. The standard InChI is InChI=1S/C9H18N2O2S/c1-2-11(4-5-12)9(13)8-7-14-6-3-10-8/h8,10,12H,2-7H2,1H3. The molecule has 1 fully saturated rings. The molecule has 14 heavy (non-hydrogen) atoms. The van der Waals surface area contributed by atoms with Gasteiger partial charge in [0.05, 0.1) is 12.6 Å². The number of hydrogen-bond acceptors (Lipinski definition) is 4. The third kappa shape index (κ3) is 3.15. The first-order valence-electron chi connectivity index (χ1n) is 5.00. The smallest absolute Gasteiger partial charge is 0.240 e. The van der Waals surface area contributed by atoms with Crippen molar-refractivity contribution in [2.24, 2.45) is 0 Å². The number of rotatable bonds is 4. The maximum Gasteiger partial charge on any atom is 0.240 e. The van der Waals surface area contributed by atoms with E-state index in [4.69, 9.17) is 5.11 Å². The molecule has 1 atom stereocenters. The van der Waals surface area contributed by atoms with E-state index < -0.39 is 0 Å². The molecule has 0 aromatic heterocycles. The molecule has 1 unspecified atom stereocenters. The van der Waals surface area contributed by atoms with E-state index in [-0.39, 0.29) is 18.6 Å². The monoisotopic (exact) mass is 218 g/mol. The van der Waals surface area contributed by atoms with E-state index in [0.29, 0.717) is 13.1 Å². The van der Waals surface area contributed by atoms with E-state index in [1.54, 1.807) is 16.7 Å². The van der Waals surface area contributed by atoms with Crippen LogP contribution in [0.15, 0.2) is 0 Å². The number of aliphatic hydroxyl groups excluding tert-OH is 1. The van der Waals surface area contributed by atoms with Gasteiger partial charge in [-0.2, -0.15) is 11.8 Å². The Kier molecular flexibility index (Phi) is 5.29. The summed E-state index contributed by atoms with van der Waals surface area (Å²) >= 11 is 1.80. The second-order valence-corrected chi connectivity index (χ2v) is 4.37. The van der Waals surface area contributed by atoms with Gasteiger partial charge >= 0.3 is 0 Å². The Hall–Kier alpha value is -0.260. The van der Waals surface area contributed by atoms with Gasteiger partial charge in [0.2, 0.25) is 5.91 Å². The Morgan fingerprint density at radius 2 is 2.50 bits per heavy atom. The van der Waals surface area contributed by atoms with Gasteiger partial charge in [0.25, 0.3) is 0 Å². The Balaban J connectivity index is 2.43. The number of nitrogens with one attached hydrogen (secondary N) is 1. The molecule has 1 saturated heterocycles. The highest BCUT2D eigenvalue weighted by molar-refractivity contribution is 7.99. The fraction of sp³-hybridized carbons (Fsp3) is 0.889. The highest BCUT2D eigenvalue weighted by Gasteiger charge is 2.24. The lowest BCUT2D eigenvalue weighted by molar-refractivity contribution is -0.133. The Labute approximate surface area is 89.0 Å². The van der Waals surface area contributed by atoms with Crippen molar-refractivity contribution >= 4 is 17.7 Å². The van der Waals surface area contributed by atoms with Gasteiger partial charge < -0.3 is 15.3 Å². The van der Waals surface area contributed by atoms with E-state index in [9.17, 15) is 4.79 Å². The minimum absolute atomic E-state index is 0.0411. The van der Waals surface area contributed by atoms with Crippen LogP contribution in [0.3, 0.4) is 0 Å². The van der Waals surface area contributed by atoms with Crippen LogP contribution in [0.1, 0.15) is 6.92 Å². The number of carbonyl (C=O) groups is 1. The number of hydrogen-bond donors (Lipinski definition) is 2. The molecule has 0 bridgehead atoms. The summed E-state index contributed by atoms with van der Waals surface area (Å²) in [6.45, 7) is 3.99. The zero-order valence-corrected chi connectivity index (χ0v) is 9.35. The molecule has 0 saturated carbocycles. The minimum Gasteiger partial charge on any atom is -0.395 e. The number of aliphatic hydroxyl groups is 1. The maximum atomic E-state index is 11.9. The first kappa shape index (κ1) is 11.8. The lowest BCUT2D eigenvalue weighted by Gasteiger charge is -2.28. The number of carbonyl (C=O) groups excluding carboxylic acids is 1. The summed E-state index contributed by atoms with van der Waals surface area (Å²) in [6, 6.07) is -0.0553. The van der Waals surface area contributed by atoms with Gasteiger partial charge in [-0.05, 0) is 6.92 Å². The Morgan fingerprint density at radius 3 is 3.00 bits per heavy atom. The number of thioether (sulfide) groups is 1. The van der Waals surface area contributed by atoms with Crippen LogP contribution in [0.25, 0.3) is 0 Å². The third-order valence-electron chi connectivity index (χ3n) is 2.28. The largest absolute Gasteiger partial charge is 0.395 e. The van der Waals surface area contributed by atoms with Crippen molar-refractivity contribution < 1.29 is 9.90 Å². The SMILES string of the molecule is CCN(CCO)C(=O)C1CSCCN1. The second-order valence-electron chi connectivity index (χ2n) is 3.22. The second kappa shape index (κ2) is 6.27. The summed E-state index contributed by atoms with van der Waals surface area (Å²) in [4.78, 5) is 13.6. The first-order valence-corrected chi connectivity index (χ1v) is 6.15. The fourth-order valence-electron chi connectivity index (χ4n) is 1.49. The summed E-state index contributed by atoms with van der Waals surface area (Å²) in [5, 5.41) is 12.0. The van der Waals surface area contributed by atoms with E-state index in [1.807, 2.05) is 6.92 Å². The molecular formula is C9H18N2O2S. The molecule has 0 spiro atoms. The molecule has 82 valence electrons. The fourth-order valence-corrected chi connectivity index (χ4v) is 2.41. The van der Waals surface area contributed by atoms with Gasteiger partial charge in [0, 0.05) is 31.1 Å². The van der Waals surface area contributed by atoms with Crippen LogP contribution in [0.5, 0.6) is 0 Å². The van der Waals surface area contributed by atoms with E-state index in [2.05, 4.69) is 5.32 Å². The van der Waals surface area contributed by atoms with Gasteiger partial charge in [-0.3, -0.25) is 4.79 Å². The van der Waals surface area contributed by atoms with Gasteiger partial charge in [-0.15, -0.1) is 0 Å². The van der Waals surface area contributed by atoms with Gasteiger partial charge in [0.15, 0.2) is 0 Å². The van der Waals surface area contributed by atoms with Crippen molar-refractivity contribution in [3.8, 4) is 0 Å². The summed E-state index contributed by atoms with van der Waals surface area (Å²) < 4.78 is 0. The molecule has 2 N–H and O–H groups in total. The van der Waals surface area contributed by atoms with Crippen molar-refractivity contribution in [3.05, 3.63) is 0 Å². The van der Waals surface area contributed by atoms with Crippen molar-refractivity contribution in [3.63, 3.8) is 0 Å². The summed E-state index contributed by atoms with van der Waals surface area (Å²) in [5.41, 5.74) is 0. The predicted octanol–water partition coefficient (Wildman–Crippen LogP) is -0.468. The number of nitrogens with zero attached hydrogens (tertiary/aromatic N) is 1. The highest BCUT2D eigenvalue weighted by Crippen LogP contribution is 2.09. The van der Waals surface area contributed by atoms with E-state index in [1.165, 1.54) is 0 Å². The first-order chi connectivity index (χ1) is 6.79. The molecule has 1 rings (SSSR count). The lowest BCUT2D eigenvalue weighted by Crippen LogP contribution is -2.51. The summed E-state index contributed by atoms with van der Waals surface area (Å²) in [5.74, 6) is 2.05. The summed E-state index contributed by atoms with van der Waals surface area (Å²) in [6.07, 6.45) is 0. The highest BCUT2D eigenvalue weighted by atomic mass is 32.2. The van der Waals surface area contributed by atoms with Crippen LogP contribution < -0.4 is 5.32 Å². The molecule has 1 aliphatic heterocycles. The zero-order chi connectivity index (χ0) is 10.4. The molecule has 0 aromatic rings. The molecule has 0 aromatic carbocycles. The average Bonchev–Trinajstić information content (AvgIpc) is 2.26. The molecule has 1 heterocycles. The Bertz CT molecular complexity index is 177. The molecule has 4 nitrogen and oxygen atoms in total. The average molecular weight is 218 g/mol. The van der Waals surface area contributed by atoms with Crippen LogP contribution in [0, 0.1) is 0 Å². The van der Waals surface area contributed by atoms with E-state index in [0.717, 1.165) is 18.1 Å². The van der Waals surface area contributed by atoms with Gasteiger partial charge in [0.1, 0.15) is 0 Å². The van der Waals surface area contributed by atoms with Crippen LogP contribution in [0.4, 0.5) is 0 Å². The molecule has 1 aliphatic rings. The topological polar surface area (TPSA) is 52.6 Å². The number of likely N-dealkylation sites (N-methyl/N-ethyl adjacent to an activating group) is 1. The van der Waals surface area contributed by atoms with Crippen LogP contribution in [-0.4, -0.2) is 59.7 Å². The molecular weight excluding hydrogens is 200 g/mol. The lowest BCUT2D eigenvalue weighted by atomic mass is 10.2. The predicted molar refractivity (Wildman–Crippen MR) is 58.5 cm³/mol. The molecule has 0 radical (unpaired) electrons. The van der Waals surface area contributed by atoms with Crippen molar-refractivity contribution in [1.29, 1.82) is 0 Å². The van der Waals surface area contributed by atoms with E-state index >= 15 is 0 Å². The zero-order valence-electron chi connectivity index (χ0n) is 8.53. The Morgan fingerprint density at radius 1 is 1.71 bits per heavy atom.